The van der Waals surface area contributed by atoms with Crippen molar-refractivity contribution in [1.82, 2.24) is 15.2 Å². The summed E-state index contributed by atoms with van der Waals surface area (Å²) in [6.07, 6.45) is 9.96. The number of aryl methyl sites for hydroxylation is 1. The average Bonchev–Trinajstić information content (AvgIpc) is 3.10. The molecular formula is C19H34IN5S. The van der Waals surface area contributed by atoms with Crippen LogP contribution in [0.5, 0.6) is 0 Å². The highest BCUT2D eigenvalue weighted by Gasteiger charge is 2.20. The van der Waals surface area contributed by atoms with Gasteiger partial charge >= 0.3 is 0 Å². The van der Waals surface area contributed by atoms with Gasteiger partial charge in [-0.15, -0.1) is 35.3 Å². The van der Waals surface area contributed by atoms with Crippen LogP contribution in [0.15, 0.2) is 10.4 Å². The Balaban J connectivity index is 0.00000243. The Morgan fingerprint density at radius 1 is 1.27 bits per heavy atom. The summed E-state index contributed by atoms with van der Waals surface area (Å²) in [7, 11) is 0. The van der Waals surface area contributed by atoms with E-state index in [9.17, 15) is 0 Å². The van der Waals surface area contributed by atoms with Gasteiger partial charge in [-0.2, -0.15) is 0 Å². The number of likely N-dealkylation sites (tertiary alicyclic amines) is 1. The molecule has 7 heteroatoms. The molecule has 1 aliphatic heterocycles. The van der Waals surface area contributed by atoms with Crippen molar-refractivity contribution in [2.45, 2.75) is 70.9 Å². The van der Waals surface area contributed by atoms with E-state index in [-0.39, 0.29) is 24.0 Å². The van der Waals surface area contributed by atoms with E-state index in [1.165, 1.54) is 55.6 Å². The molecule has 2 aliphatic rings. The number of nitrogens with two attached hydrogens (primary N) is 1. The second-order valence-electron chi connectivity index (χ2n) is 7.51. The predicted molar refractivity (Wildman–Crippen MR) is 121 cm³/mol. The fourth-order valence-electron chi connectivity index (χ4n) is 3.87. The van der Waals surface area contributed by atoms with E-state index < -0.39 is 0 Å². The number of nitrogens with zero attached hydrogens (tertiary/aromatic N) is 3. The highest BCUT2D eigenvalue weighted by atomic mass is 127. The lowest BCUT2D eigenvalue weighted by Gasteiger charge is -2.30. The van der Waals surface area contributed by atoms with E-state index in [0.29, 0.717) is 17.9 Å². The normalized spacial score (nSPS) is 20.7. The number of piperidine rings is 1. The van der Waals surface area contributed by atoms with Gasteiger partial charge in [-0.3, -0.25) is 9.89 Å². The van der Waals surface area contributed by atoms with Gasteiger partial charge in [0.2, 0.25) is 0 Å². The van der Waals surface area contributed by atoms with Gasteiger partial charge in [0, 0.05) is 24.5 Å². The van der Waals surface area contributed by atoms with Gasteiger partial charge in [-0.05, 0) is 51.1 Å². The average molecular weight is 491 g/mol. The zero-order chi connectivity index (χ0) is 17.5. The lowest BCUT2D eigenvalue weighted by atomic mass is 9.95. The monoisotopic (exact) mass is 491 g/mol. The number of rotatable bonds is 6. The minimum atomic E-state index is 0. The first-order chi connectivity index (χ1) is 12.2. The second kappa shape index (κ2) is 11.4. The van der Waals surface area contributed by atoms with Crippen LogP contribution in [-0.4, -0.2) is 41.5 Å². The molecule has 5 nitrogen and oxygen atoms in total. The van der Waals surface area contributed by atoms with Gasteiger partial charge in [-0.1, -0.05) is 26.2 Å². The van der Waals surface area contributed by atoms with Crippen molar-refractivity contribution in [3.63, 3.8) is 0 Å². The minimum absolute atomic E-state index is 0. The molecule has 0 aromatic carbocycles. The number of aromatic nitrogens is 1. The van der Waals surface area contributed by atoms with Crippen molar-refractivity contribution in [2.75, 3.05) is 19.6 Å². The van der Waals surface area contributed by atoms with Crippen molar-refractivity contribution < 1.29 is 0 Å². The van der Waals surface area contributed by atoms with Crippen LogP contribution < -0.4 is 11.1 Å². The number of aliphatic imine (C=N–C) groups is 1. The van der Waals surface area contributed by atoms with Gasteiger partial charge < -0.3 is 11.1 Å². The third-order valence-electron chi connectivity index (χ3n) is 5.47. The molecule has 0 bridgehead atoms. The molecule has 1 saturated carbocycles. The fourth-order valence-corrected chi connectivity index (χ4v) is 4.61. The molecule has 26 heavy (non-hydrogen) atoms. The van der Waals surface area contributed by atoms with Crippen LogP contribution in [0.4, 0.5) is 0 Å². The molecule has 3 N–H and O–H groups in total. The minimum Gasteiger partial charge on any atom is -0.370 e. The second-order valence-corrected chi connectivity index (χ2v) is 8.45. The number of nitrogens with one attached hydrogen (secondary N) is 1. The number of halogens is 1. The topological polar surface area (TPSA) is 66.5 Å². The van der Waals surface area contributed by atoms with Gasteiger partial charge in [0.1, 0.15) is 0 Å². The number of hydrogen-bond acceptors (Lipinski definition) is 4. The Labute approximate surface area is 179 Å². The summed E-state index contributed by atoms with van der Waals surface area (Å²) in [4.78, 5) is 11.8. The Kier molecular flexibility index (Phi) is 9.63. The smallest absolute Gasteiger partial charge is 0.188 e. The summed E-state index contributed by atoms with van der Waals surface area (Å²) < 4.78 is 0. The number of hydrogen-bond donors (Lipinski definition) is 2. The van der Waals surface area contributed by atoms with Crippen LogP contribution in [0.1, 0.15) is 62.6 Å². The summed E-state index contributed by atoms with van der Waals surface area (Å²) in [5.74, 6) is 1.33. The quantitative estimate of drug-likeness (QED) is 0.361. The number of guanidine groups is 1. The lowest BCUT2D eigenvalue weighted by molar-refractivity contribution is 0.179. The van der Waals surface area contributed by atoms with Crippen LogP contribution in [0.2, 0.25) is 0 Å². The van der Waals surface area contributed by atoms with Crippen LogP contribution >= 0.6 is 35.3 Å². The molecule has 148 valence electrons. The van der Waals surface area contributed by atoms with Crippen molar-refractivity contribution in [3.8, 4) is 0 Å². The zero-order valence-corrected chi connectivity index (χ0v) is 19.1. The first-order valence-corrected chi connectivity index (χ1v) is 10.8. The van der Waals surface area contributed by atoms with E-state index in [1.54, 1.807) is 11.3 Å². The van der Waals surface area contributed by atoms with Crippen molar-refractivity contribution in [1.29, 1.82) is 0 Å². The van der Waals surface area contributed by atoms with E-state index in [2.05, 4.69) is 32.5 Å². The summed E-state index contributed by atoms with van der Waals surface area (Å²) >= 11 is 1.79. The van der Waals surface area contributed by atoms with E-state index in [4.69, 9.17) is 5.73 Å². The molecule has 1 aromatic heterocycles. The third-order valence-corrected chi connectivity index (χ3v) is 6.51. The first kappa shape index (κ1) is 21.9. The maximum atomic E-state index is 6.09. The molecule has 2 heterocycles. The van der Waals surface area contributed by atoms with Crippen molar-refractivity contribution in [2.24, 2.45) is 16.6 Å². The molecular weight excluding hydrogens is 457 g/mol. The molecule has 0 spiro atoms. The maximum Gasteiger partial charge on any atom is 0.188 e. The van der Waals surface area contributed by atoms with Crippen molar-refractivity contribution >= 4 is 41.3 Å². The SMILES string of the molecule is CCc1nc(CN2CCC(CN=C(N)NC3CCCCC3)CC2)cs1.I. The Morgan fingerprint density at radius 3 is 2.65 bits per heavy atom. The summed E-state index contributed by atoms with van der Waals surface area (Å²) in [6.45, 7) is 6.33. The molecule has 0 unspecified atom stereocenters. The number of thiazole rings is 1. The van der Waals surface area contributed by atoms with E-state index >= 15 is 0 Å². The van der Waals surface area contributed by atoms with E-state index in [0.717, 1.165) is 32.6 Å². The lowest BCUT2D eigenvalue weighted by Crippen LogP contribution is -2.41. The van der Waals surface area contributed by atoms with Gasteiger partial charge in [0.05, 0.1) is 10.7 Å². The van der Waals surface area contributed by atoms with Crippen LogP contribution in [0.3, 0.4) is 0 Å². The molecule has 0 amide bonds. The molecule has 2 fully saturated rings. The summed E-state index contributed by atoms with van der Waals surface area (Å²) in [5.41, 5.74) is 7.32. The Morgan fingerprint density at radius 2 is 2.00 bits per heavy atom. The van der Waals surface area contributed by atoms with Gasteiger partial charge in [0.25, 0.3) is 0 Å². The van der Waals surface area contributed by atoms with Crippen LogP contribution in [-0.2, 0) is 13.0 Å². The van der Waals surface area contributed by atoms with Crippen molar-refractivity contribution in [3.05, 3.63) is 16.1 Å². The van der Waals surface area contributed by atoms with E-state index in [1.807, 2.05) is 0 Å². The zero-order valence-electron chi connectivity index (χ0n) is 16.0. The molecule has 1 aliphatic carbocycles. The molecule has 3 rings (SSSR count). The highest BCUT2D eigenvalue weighted by Crippen LogP contribution is 2.21. The first-order valence-electron chi connectivity index (χ1n) is 9.95. The van der Waals surface area contributed by atoms with Crippen LogP contribution in [0.25, 0.3) is 0 Å². The standard InChI is InChI=1S/C19H33N5S.HI/c1-2-18-22-17(14-25-18)13-24-10-8-15(9-11-24)12-21-19(20)23-16-6-4-3-5-7-16;/h14-16H,2-13H2,1H3,(H3,20,21,23);1H. The maximum absolute atomic E-state index is 6.09. The Bertz CT molecular complexity index is 548. The third kappa shape index (κ3) is 6.96. The highest BCUT2D eigenvalue weighted by molar-refractivity contribution is 14.0. The summed E-state index contributed by atoms with van der Waals surface area (Å²) in [5, 5.41) is 6.88. The molecule has 1 aromatic rings. The van der Waals surface area contributed by atoms with Gasteiger partial charge in [-0.25, -0.2) is 4.98 Å². The largest absolute Gasteiger partial charge is 0.370 e. The summed E-state index contributed by atoms with van der Waals surface area (Å²) in [6, 6.07) is 0.547. The molecule has 1 saturated heterocycles. The van der Waals surface area contributed by atoms with Crippen LogP contribution in [0, 0.1) is 5.92 Å². The molecule has 0 radical (unpaired) electrons. The van der Waals surface area contributed by atoms with Gasteiger partial charge in [0.15, 0.2) is 5.96 Å². The Hall–Kier alpha value is -0.410. The fraction of sp³-hybridized carbons (Fsp3) is 0.789. The molecule has 0 atom stereocenters. The predicted octanol–water partition coefficient (Wildman–Crippen LogP) is 3.77.